The van der Waals surface area contributed by atoms with Crippen molar-refractivity contribution in [2.75, 3.05) is 6.61 Å². The molecule has 0 aliphatic rings. The van der Waals surface area contributed by atoms with Crippen LogP contribution in [0, 0.1) is 0 Å². The van der Waals surface area contributed by atoms with Gasteiger partial charge in [-0.05, 0) is 18.4 Å². The SMILES string of the molecule is OCCCc1ccccc1.[Cu]. The molecule has 1 nitrogen and oxygen atoms in total. The van der Waals surface area contributed by atoms with Gasteiger partial charge >= 0.3 is 0 Å². The Morgan fingerprint density at radius 2 is 1.73 bits per heavy atom. The summed E-state index contributed by atoms with van der Waals surface area (Å²) in [6.45, 7) is 0.287. The third kappa shape index (κ3) is 4.20. The van der Waals surface area contributed by atoms with Crippen LogP contribution in [0.15, 0.2) is 30.3 Å². The van der Waals surface area contributed by atoms with Gasteiger partial charge in [0.2, 0.25) is 0 Å². The van der Waals surface area contributed by atoms with Crippen LogP contribution >= 0.6 is 0 Å². The summed E-state index contributed by atoms with van der Waals surface area (Å²) in [6.07, 6.45) is 1.85. The second kappa shape index (κ2) is 6.41. The summed E-state index contributed by atoms with van der Waals surface area (Å²) >= 11 is 0. The Hall–Kier alpha value is -0.301. The first-order valence-electron chi connectivity index (χ1n) is 3.58. The molecule has 1 rings (SSSR count). The average Bonchev–Trinajstić information content (AvgIpc) is 2.03. The molecule has 11 heavy (non-hydrogen) atoms. The van der Waals surface area contributed by atoms with Gasteiger partial charge in [0, 0.05) is 23.7 Å². The van der Waals surface area contributed by atoms with Crippen molar-refractivity contribution in [1.82, 2.24) is 0 Å². The Kier molecular flexibility index (Phi) is 6.24. The van der Waals surface area contributed by atoms with Crippen molar-refractivity contribution in [3.63, 3.8) is 0 Å². The van der Waals surface area contributed by atoms with Crippen molar-refractivity contribution >= 4 is 0 Å². The molecule has 0 aliphatic heterocycles. The predicted octanol–water partition coefficient (Wildman–Crippen LogP) is 1.61. The standard InChI is InChI=1S/C9H12O.Cu/c10-8-4-7-9-5-2-1-3-6-9;/h1-3,5-6,10H,4,7-8H2;. The molecule has 1 aromatic rings. The van der Waals surface area contributed by atoms with Gasteiger partial charge in [-0.1, -0.05) is 30.3 Å². The zero-order valence-corrected chi connectivity index (χ0v) is 7.20. The zero-order valence-electron chi connectivity index (χ0n) is 6.26. The first kappa shape index (κ1) is 10.7. The maximum Gasteiger partial charge on any atom is 0.0434 e. The second-order valence-electron chi connectivity index (χ2n) is 2.31. The summed E-state index contributed by atoms with van der Waals surface area (Å²) in [5.41, 5.74) is 1.30. The number of aliphatic hydroxyl groups is 1. The van der Waals surface area contributed by atoms with E-state index in [9.17, 15) is 0 Å². The van der Waals surface area contributed by atoms with Crippen molar-refractivity contribution in [1.29, 1.82) is 0 Å². The van der Waals surface area contributed by atoms with Gasteiger partial charge in [0.15, 0.2) is 0 Å². The van der Waals surface area contributed by atoms with Crippen molar-refractivity contribution in [3.05, 3.63) is 35.9 Å². The molecule has 0 bridgehead atoms. The maximum atomic E-state index is 8.53. The van der Waals surface area contributed by atoms with E-state index in [0.717, 1.165) is 12.8 Å². The molecule has 0 saturated carbocycles. The van der Waals surface area contributed by atoms with E-state index in [2.05, 4.69) is 12.1 Å². The van der Waals surface area contributed by atoms with E-state index in [-0.39, 0.29) is 23.7 Å². The fraction of sp³-hybridized carbons (Fsp3) is 0.333. The summed E-state index contributed by atoms with van der Waals surface area (Å²) in [4.78, 5) is 0. The molecular formula is C9H12CuO. The third-order valence-corrected chi connectivity index (χ3v) is 1.47. The molecule has 0 amide bonds. The van der Waals surface area contributed by atoms with Crippen molar-refractivity contribution in [2.24, 2.45) is 0 Å². The van der Waals surface area contributed by atoms with E-state index >= 15 is 0 Å². The van der Waals surface area contributed by atoms with Crippen LogP contribution in [-0.4, -0.2) is 11.7 Å². The van der Waals surface area contributed by atoms with Gasteiger partial charge in [-0.25, -0.2) is 0 Å². The van der Waals surface area contributed by atoms with Gasteiger partial charge in [0.25, 0.3) is 0 Å². The Morgan fingerprint density at radius 1 is 1.09 bits per heavy atom. The molecule has 0 spiro atoms. The molecule has 0 aliphatic carbocycles. The van der Waals surface area contributed by atoms with E-state index in [1.165, 1.54) is 5.56 Å². The Balaban J connectivity index is 0.000001000. The molecule has 0 fully saturated rings. The fourth-order valence-electron chi connectivity index (χ4n) is 0.928. The van der Waals surface area contributed by atoms with Crippen molar-refractivity contribution in [2.45, 2.75) is 12.8 Å². The van der Waals surface area contributed by atoms with Gasteiger partial charge in [0.05, 0.1) is 0 Å². The zero-order chi connectivity index (χ0) is 7.23. The molecular weight excluding hydrogens is 188 g/mol. The summed E-state index contributed by atoms with van der Waals surface area (Å²) in [7, 11) is 0. The number of rotatable bonds is 3. The molecule has 0 saturated heterocycles. The average molecular weight is 200 g/mol. The van der Waals surface area contributed by atoms with Crippen LogP contribution in [0.5, 0.6) is 0 Å². The van der Waals surface area contributed by atoms with Gasteiger partial charge in [-0.15, -0.1) is 0 Å². The van der Waals surface area contributed by atoms with Crippen LogP contribution in [0.1, 0.15) is 12.0 Å². The number of aryl methyl sites for hydroxylation is 1. The number of hydrogen-bond acceptors (Lipinski definition) is 1. The van der Waals surface area contributed by atoms with Crippen LogP contribution in [0.2, 0.25) is 0 Å². The molecule has 1 radical (unpaired) electrons. The third-order valence-electron chi connectivity index (χ3n) is 1.47. The molecule has 0 heterocycles. The summed E-state index contributed by atoms with van der Waals surface area (Å²) in [5.74, 6) is 0. The second-order valence-corrected chi connectivity index (χ2v) is 2.31. The summed E-state index contributed by atoms with van der Waals surface area (Å²) in [6, 6.07) is 10.2. The molecule has 0 aromatic heterocycles. The van der Waals surface area contributed by atoms with Crippen LogP contribution in [0.25, 0.3) is 0 Å². The molecule has 1 N–H and O–H groups in total. The monoisotopic (exact) mass is 199 g/mol. The minimum absolute atomic E-state index is 0. The minimum atomic E-state index is 0. The van der Waals surface area contributed by atoms with Crippen LogP contribution in [-0.2, 0) is 23.5 Å². The summed E-state index contributed by atoms with van der Waals surface area (Å²) < 4.78 is 0. The quantitative estimate of drug-likeness (QED) is 0.734. The maximum absolute atomic E-state index is 8.53. The van der Waals surface area contributed by atoms with Gasteiger partial charge in [-0.3, -0.25) is 0 Å². The molecule has 65 valence electrons. The van der Waals surface area contributed by atoms with E-state index in [4.69, 9.17) is 5.11 Å². The van der Waals surface area contributed by atoms with E-state index in [1.807, 2.05) is 18.2 Å². The van der Waals surface area contributed by atoms with Crippen LogP contribution < -0.4 is 0 Å². The normalized spacial score (nSPS) is 8.82. The summed E-state index contributed by atoms with van der Waals surface area (Å²) in [5, 5.41) is 8.53. The molecule has 0 atom stereocenters. The Morgan fingerprint density at radius 3 is 2.27 bits per heavy atom. The predicted molar refractivity (Wildman–Crippen MR) is 41.8 cm³/mol. The number of aliphatic hydroxyl groups excluding tert-OH is 1. The smallest absolute Gasteiger partial charge is 0.0434 e. The molecule has 2 heteroatoms. The number of benzene rings is 1. The van der Waals surface area contributed by atoms with Gasteiger partial charge in [0.1, 0.15) is 0 Å². The van der Waals surface area contributed by atoms with Crippen molar-refractivity contribution in [3.8, 4) is 0 Å². The first-order chi connectivity index (χ1) is 4.93. The molecule has 0 unspecified atom stereocenters. The minimum Gasteiger partial charge on any atom is -0.396 e. The van der Waals surface area contributed by atoms with Crippen LogP contribution in [0.3, 0.4) is 0 Å². The van der Waals surface area contributed by atoms with E-state index in [0.29, 0.717) is 0 Å². The van der Waals surface area contributed by atoms with E-state index < -0.39 is 0 Å². The van der Waals surface area contributed by atoms with Gasteiger partial charge < -0.3 is 5.11 Å². The fourth-order valence-corrected chi connectivity index (χ4v) is 0.928. The topological polar surface area (TPSA) is 20.2 Å². The van der Waals surface area contributed by atoms with Crippen LogP contribution in [0.4, 0.5) is 0 Å². The van der Waals surface area contributed by atoms with Crippen molar-refractivity contribution < 1.29 is 22.2 Å². The Bertz CT molecular complexity index is 174. The molecule has 1 aromatic carbocycles. The largest absolute Gasteiger partial charge is 0.396 e. The Labute approximate surface area is 77.9 Å². The number of hydrogen-bond donors (Lipinski definition) is 1. The van der Waals surface area contributed by atoms with E-state index in [1.54, 1.807) is 0 Å². The first-order valence-corrected chi connectivity index (χ1v) is 3.58. The van der Waals surface area contributed by atoms with Gasteiger partial charge in [-0.2, -0.15) is 0 Å².